The molecule has 3 rings (SSSR count). The SMILES string of the molecule is CSc1nc2cc3ccccc3cc2s1. The molecule has 0 spiro atoms. The first kappa shape index (κ1) is 9.19. The van der Waals surface area contributed by atoms with Crippen LogP contribution in [0.25, 0.3) is 21.0 Å². The maximum atomic E-state index is 4.56. The second-order valence-corrected chi connectivity index (χ2v) is 5.43. The molecule has 0 aliphatic heterocycles. The summed E-state index contributed by atoms with van der Waals surface area (Å²) >= 11 is 3.47. The molecule has 2 aromatic carbocycles. The highest BCUT2D eigenvalue weighted by molar-refractivity contribution is 8.00. The Bertz CT molecular complexity index is 575. The maximum absolute atomic E-state index is 4.56. The number of aromatic nitrogens is 1. The predicted octanol–water partition coefficient (Wildman–Crippen LogP) is 4.17. The molecule has 74 valence electrons. The third kappa shape index (κ3) is 1.52. The van der Waals surface area contributed by atoms with E-state index in [-0.39, 0.29) is 0 Å². The molecule has 15 heavy (non-hydrogen) atoms. The van der Waals surface area contributed by atoms with Crippen LogP contribution in [0.3, 0.4) is 0 Å². The van der Waals surface area contributed by atoms with E-state index in [1.54, 1.807) is 23.1 Å². The van der Waals surface area contributed by atoms with Crippen LogP contribution >= 0.6 is 23.1 Å². The summed E-state index contributed by atoms with van der Waals surface area (Å²) in [5.41, 5.74) is 1.11. The fraction of sp³-hybridized carbons (Fsp3) is 0.0833. The van der Waals surface area contributed by atoms with E-state index in [2.05, 4.69) is 47.6 Å². The predicted molar refractivity (Wildman–Crippen MR) is 68.9 cm³/mol. The van der Waals surface area contributed by atoms with E-state index in [0.29, 0.717) is 0 Å². The number of hydrogen-bond acceptors (Lipinski definition) is 3. The minimum Gasteiger partial charge on any atom is -0.230 e. The summed E-state index contributed by atoms with van der Waals surface area (Å²) in [6.45, 7) is 0. The standard InChI is InChI=1S/C12H9NS2/c1-14-12-13-10-6-8-4-2-3-5-9(8)7-11(10)15-12/h2-7H,1H3. The Labute approximate surface area is 96.1 Å². The zero-order chi connectivity index (χ0) is 10.3. The lowest BCUT2D eigenvalue weighted by Gasteiger charge is -1.95. The Balaban J connectivity index is 2.39. The molecule has 0 radical (unpaired) electrons. The van der Waals surface area contributed by atoms with Crippen molar-refractivity contribution in [3.63, 3.8) is 0 Å². The van der Waals surface area contributed by atoms with Gasteiger partial charge in [-0.3, -0.25) is 0 Å². The Morgan fingerprint density at radius 2 is 1.87 bits per heavy atom. The molecule has 0 bridgehead atoms. The molecule has 3 aromatic rings. The average Bonchev–Trinajstić information content (AvgIpc) is 2.67. The van der Waals surface area contributed by atoms with Gasteiger partial charge in [0.25, 0.3) is 0 Å². The van der Waals surface area contributed by atoms with Gasteiger partial charge in [0.2, 0.25) is 0 Å². The van der Waals surface area contributed by atoms with Crippen LogP contribution in [0.15, 0.2) is 40.7 Å². The van der Waals surface area contributed by atoms with Gasteiger partial charge in [-0.2, -0.15) is 0 Å². The monoisotopic (exact) mass is 231 g/mol. The maximum Gasteiger partial charge on any atom is 0.150 e. The number of hydrogen-bond donors (Lipinski definition) is 0. The molecular weight excluding hydrogens is 222 g/mol. The van der Waals surface area contributed by atoms with E-state index in [4.69, 9.17) is 0 Å². The fourth-order valence-corrected chi connectivity index (χ4v) is 3.20. The zero-order valence-corrected chi connectivity index (χ0v) is 9.86. The van der Waals surface area contributed by atoms with Crippen LogP contribution < -0.4 is 0 Å². The van der Waals surface area contributed by atoms with E-state index >= 15 is 0 Å². The first-order chi connectivity index (χ1) is 7.36. The Morgan fingerprint density at radius 1 is 1.13 bits per heavy atom. The van der Waals surface area contributed by atoms with Crippen molar-refractivity contribution in [2.24, 2.45) is 0 Å². The molecule has 0 saturated heterocycles. The number of fused-ring (bicyclic) bond motifs is 2. The molecule has 0 N–H and O–H groups in total. The van der Waals surface area contributed by atoms with Gasteiger partial charge in [0.15, 0.2) is 4.34 Å². The van der Waals surface area contributed by atoms with Crippen LogP contribution in [-0.2, 0) is 0 Å². The topological polar surface area (TPSA) is 12.9 Å². The van der Waals surface area contributed by atoms with E-state index in [0.717, 1.165) is 9.86 Å². The van der Waals surface area contributed by atoms with Crippen molar-refractivity contribution in [2.75, 3.05) is 6.26 Å². The normalized spacial score (nSPS) is 11.3. The molecule has 1 heterocycles. The molecule has 0 amide bonds. The minimum atomic E-state index is 1.11. The van der Waals surface area contributed by atoms with E-state index in [1.165, 1.54) is 15.5 Å². The molecule has 0 aliphatic rings. The van der Waals surface area contributed by atoms with E-state index in [1.807, 2.05) is 0 Å². The molecular formula is C12H9NS2. The van der Waals surface area contributed by atoms with Crippen molar-refractivity contribution in [3.05, 3.63) is 36.4 Å². The Kier molecular flexibility index (Phi) is 2.15. The summed E-state index contributed by atoms with van der Waals surface area (Å²) in [6.07, 6.45) is 2.07. The summed E-state index contributed by atoms with van der Waals surface area (Å²) in [5, 5.41) is 2.56. The van der Waals surface area contributed by atoms with Crippen LogP contribution in [0.4, 0.5) is 0 Å². The van der Waals surface area contributed by atoms with Gasteiger partial charge in [0.05, 0.1) is 10.2 Å². The number of rotatable bonds is 1. The summed E-state index contributed by atoms with van der Waals surface area (Å²) in [6, 6.07) is 12.8. The number of thioether (sulfide) groups is 1. The molecule has 1 aromatic heterocycles. The average molecular weight is 231 g/mol. The summed E-state index contributed by atoms with van der Waals surface area (Å²) in [7, 11) is 0. The summed E-state index contributed by atoms with van der Waals surface area (Å²) in [5.74, 6) is 0. The van der Waals surface area contributed by atoms with Gasteiger partial charge < -0.3 is 0 Å². The van der Waals surface area contributed by atoms with E-state index < -0.39 is 0 Å². The Morgan fingerprint density at radius 3 is 2.60 bits per heavy atom. The molecule has 1 nitrogen and oxygen atoms in total. The summed E-state index contributed by atoms with van der Waals surface area (Å²) in [4.78, 5) is 4.56. The van der Waals surface area contributed by atoms with Gasteiger partial charge in [-0.25, -0.2) is 4.98 Å². The van der Waals surface area contributed by atoms with Crippen LogP contribution in [0.5, 0.6) is 0 Å². The number of thiazole rings is 1. The van der Waals surface area contributed by atoms with Crippen LogP contribution in [0.1, 0.15) is 0 Å². The van der Waals surface area contributed by atoms with Crippen LogP contribution in [0.2, 0.25) is 0 Å². The first-order valence-electron chi connectivity index (χ1n) is 4.70. The lowest BCUT2D eigenvalue weighted by Crippen LogP contribution is -1.72. The van der Waals surface area contributed by atoms with Gasteiger partial charge in [-0.05, 0) is 29.2 Å². The van der Waals surface area contributed by atoms with Gasteiger partial charge in [0, 0.05) is 0 Å². The van der Waals surface area contributed by atoms with Crippen molar-refractivity contribution < 1.29 is 0 Å². The van der Waals surface area contributed by atoms with Crippen LogP contribution in [-0.4, -0.2) is 11.2 Å². The lowest BCUT2D eigenvalue weighted by atomic mass is 10.1. The molecule has 0 saturated carbocycles. The second-order valence-electron chi connectivity index (χ2n) is 3.35. The largest absolute Gasteiger partial charge is 0.230 e. The fourth-order valence-electron chi connectivity index (χ4n) is 1.68. The minimum absolute atomic E-state index is 1.11. The third-order valence-corrected chi connectivity index (χ3v) is 4.41. The second kappa shape index (κ2) is 3.51. The molecule has 3 heteroatoms. The first-order valence-corrected chi connectivity index (χ1v) is 6.74. The quantitative estimate of drug-likeness (QED) is 0.583. The summed E-state index contributed by atoms with van der Waals surface area (Å²) < 4.78 is 2.42. The van der Waals surface area contributed by atoms with Gasteiger partial charge in [-0.15, -0.1) is 11.3 Å². The number of benzene rings is 2. The van der Waals surface area contributed by atoms with Gasteiger partial charge in [-0.1, -0.05) is 36.0 Å². The Hall–Kier alpha value is -1.06. The third-order valence-electron chi connectivity index (χ3n) is 2.41. The van der Waals surface area contributed by atoms with Gasteiger partial charge in [0.1, 0.15) is 0 Å². The van der Waals surface area contributed by atoms with Crippen molar-refractivity contribution >= 4 is 44.1 Å². The van der Waals surface area contributed by atoms with E-state index in [9.17, 15) is 0 Å². The van der Waals surface area contributed by atoms with Crippen LogP contribution in [0, 0.1) is 0 Å². The van der Waals surface area contributed by atoms with Gasteiger partial charge >= 0.3 is 0 Å². The zero-order valence-electron chi connectivity index (χ0n) is 8.23. The highest BCUT2D eigenvalue weighted by atomic mass is 32.2. The van der Waals surface area contributed by atoms with Crippen molar-refractivity contribution in [3.8, 4) is 0 Å². The molecule has 0 atom stereocenters. The highest BCUT2D eigenvalue weighted by Gasteiger charge is 2.03. The van der Waals surface area contributed by atoms with Crippen molar-refractivity contribution in [1.29, 1.82) is 0 Å². The number of nitrogens with zero attached hydrogens (tertiary/aromatic N) is 1. The molecule has 0 aliphatic carbocycles. The highest BCUT2D eigenvalue weighted by Crippen LogP contribution is 2.31. The van der Waals surface area contributed by atoms with Crippen molar-refractivity contribution in [1.82, 2.24) is 4.98 Å². The molecule has 0 fully saturated rings. The molecule has 0 unspecified atom stereocenters. The smallest absolute Gasteiger partial charge is 0.150 e. The van der Waals surface area contributed by atoms with Crippen molar-refractivity contribution in [2.45, 2.75) is 4.34 Å². The lowest BCUT2D eigenvalue weighted by molar-refractivity contribution is 1.31.